The van der Waals surface area contributed by atoms with Crippen molar-refractivity contribution in [2.45, 2.75) is 50.5 Å². The monoisotopic (exact) mass is 310 g/mol. The number of nitrogens with zero attached hydrogens (tertiary/aromatic N) is 3. The standard InChI is InChI=1S/C14H19FN4O3/c1-13(2,21)9-8(20)14(3,15)12(22-9)19-5-4-7-10(16)17-6-18-11(7)19/h4-6,8-9,12,20-21H,1-3H3,(H2,16,17,18). The van der Waals surface area contributed by atoms with Gasteiger partial charge in [-0.25, -0.2) is 14.4 Å². The van der Waals surface area contributed by atoms with Crippen molar-refractivity contribution in [1.29, 1.82) is 0 Å². The van der Waals surface area contributed by atoms with E-state index < -0.39 is 29.7 Å². The molecule has 0 amide bonds. The van der Waals surface area contributed by atoms with Crippen molar-refractivity contribution in [2.75, 3.05) is 5.73 Å². The van der Waals surface area contributed by atoms with Crippen molar-refractivity contribution >= 4 is 16.9 Å². The lowest BCUT2D eigenvalue weighted by Gasteiger charge is -2.28. The molecular weight excluding hydrogens is 291 g/mol. The number of hydrogen-bond donors (Lipinski definition) is 3. The number of nitrogen functional groups attached to an aromatic ring is 1. The van der Waals surface area contributed by atoms with Crippen molar-refractivity contribution in [3.63, 3.8) is 0 Å². The Balaban J connectivity index is 2.09. The molecule has 1 aliphatic heterocycles. The molecular formula is C14H19FN4O3. The van der Waals surface area contributed by atoms with Gasteiger partial charge in [-0.05, 0) is 26.8 Å². The molecule has 0 aromatic carbocycles. The fraction of sp³-hybridized carbons (Fsp3) is 0.571. The molecule has 7 nitrogen and oxygen atoms in total. The summed E-state index contributed by atoms with van der Waals surface area (Å²) in [6.07, 6.45) is -0.815. The smallest absolute Gasteiger partial charge is 0.181 e. The second-order valence-corrected chi connectivity index (χ2v) is 6.38. The fourth-order valence-electron chi connectivity index (χ4n) is 2.86. The Kier molecular flexibility index (Phi) is 3.17. The van der Waals surface area contributed by atoms with Crippen molar-refractivity contribution in [3.8, 4) is 0 Å². The Morgan fingerprint density at radius 1 is 1.45 bits per heavy atom. The second kappa shape index (κ2) is 4.61. The lowest BCUT2D eigenvalue weighted by molar-refractivity contribution is -0.122. The molecule has 0 radical (unpaired) electrons. The molecule has 1 saturated heterocycles. The number of anilines is 1. The second-order valence-electron chi connectivity index (χ2n) is 6.38. The minimum Gasteiger partial charge on any atom is -0.388 e. The molecule has 8 heteroatoms. The highest BCUT2D eigenvalue weighted by Crippen LogP contribution is 2.45. The zero-order chi connectivity index (χ0) is 16.3. The molecule has 4 N–H and O–H groups in total. The van der Waals surface area contributed by atoms with Crippen LogP contribution < -0.4 is 5.73 Å². The summed E-state index contributed by atoms with van der Waals surface area (Å²) in [5.41, 5.74) is 2.69. The first kappa shape index (κ1) is 15.1. The summed E-state index contributed by atoms with van der Waals surface area (Å²) >= 11 is 0. The van der Waals surface area contributed by atoms with Crippen LogP contribution in [0.3, 0.4) is 0 Å². The molecule has 22 heavy (non-hydrogen) atoms. The Morgan fingerprint density at radius 3 is 2.73 bits per heavy atom. The molecule has 4 unspecified atom stereocenters. The van der Waals surface area contributed by atoms with Crippen molar-refractivity contribution in [1.82, 2.24) is 14.5 Å². The van der Waals surface area contributed by atoms with Gasteiger partial charge in [-0.3, -0.25) is 0 Å². The number of aliphatic hydroxyl groups is 2. The third kappa shape index (κ3) is 2.06. The van der Waals surface area contributed by atoms with E-state index in [4.69, 9.17) is 10.5 Å². The van der Waals surface area contributed by atoms with E-state index >= 15 is 4.39 Å². The summed E-state index contributed by atoms with van der Waals surface area (Å²) in [7, 11) is 0. The van der Waals surface area contributed by atoms with Crippen LogP contribution in [0.1, 0.15) is 27.0 Å². The van der Waals surface area contributed by atoms with E-state index in [1.165, 1.54) is 31.7 Å². The number of aliphatic hydroxyl groups excluding tert-OH is 1. The number of nitrogens with two attached hydrogens (primary N) is 1. The minimum atomic E-state index is -2.10. The number of rotatable bonds is 2. The minimum absolute atomic E-state index is 0.280. The van der Waals surface area contributed by atoms with Crippen molar-refractivity contribution < 1.29 is 19.3 Å². The molecule has 0 bridgehead atoms. The number of halogens is 1. The van der Waals surface area contributed by atoms with Gasteiger partial charge in [-0.1, -0.05) is 0 Å². The Hall–Kier alpha value is -1.77. The summed E-state index contributed by atoms with van der Waals surface area (Å²) in [4.78, 5) is 7.99. The molecule has 0 aliphatic carbocycles. The van der Waals surface area contributed by atoms with Crippen LogP contribution in [-0.2, 0) is 4.74 Å². The predicted molar refractivity (Wildman–Crippen MR) is 77.7 cm³/mol. The summed E-state index contributed by atoms with van der Waals surface area (Å²) in [5, 5.41) is 20.9. The van der Waals surface area contributed by atoms with E-state index in [0.717, 1.165) is 0 Å². The number of fused-ring (bicyclic) bond motifs is 1. The third-order valence-corrected chi connectivity index (χ3v) is 4.11. The zero-order valence-corrected chi connectivity index (χ0v) is 12.6. The van der Waals surface area contributed by atoms with Gasteiger partial charge < -0.3 is 25.3 Å². The van der Waals surface area contributed by atoms with Gasteiger partial charge in [0.15, 0.2) is 11.9 Å². The predicted octanol–water partition coefficient (Wildman–Crippen LogP) is 0.771. The highest BCUT2D eigenvalue weighted by atomic mass is 19.1. The third-order valence-electron chi connectivity index (χ3n) is 4.11. The van der Waals surface area contributed by atoms with E-state index in [1.54, 1.807) is 12.3 Å². The van der Waals surface area contributed by atoms with E-state index in [1.807, 2.05) is 0 Å². The number of hydrogen-bond acceptors (Lipinski definition) is 6. The number of aromatic nitrogens is 3. The molecule has 3 heterocycles. The summed E-state index contributed by atoms with van der Waals surface area (Å²) in [6.45, 7) is 4.17. The van der Waals surface area contributed by atoms with Crippen LogP contribution in [0.25, 0.3) is 11.0 Å². The highest BCUT2D eigenvalue weighted by molar-refractivity contribution is 5.86. The molecule has 0 spiro atoms. The van der Waals surface area contributed by atoms with Gasteiger partial charge in [0.1, 0.15) is 30.0 Å². The zero-order valence-electron chi connectivity index (χ0n) is 12.6. The van der Waals surface area contributed by atoms with Gasteiger partial charge >= 0.3 is 0 Å². The largest absolute Gasteiger partial charge is 0.388 e. The Bertz CT molecular complexity index is 710. The first-order valence-electron chi connectivity index (χ1n) is 6.96. The van der Waals surface area contributed by atoms with Crippen molar-refractivity contribution in [3.05, 3.63) is 18.6 Å². The number of ether oxygens (including phenoxy) is 1. The maximum absolute atomic E-state index is 15.1. The SMILES string of the molecule is CC(C)(O)C1OC(n2ccc3c(N)ncnc32)C(C)(F)C1O. The van der Waals surface area contributed by atoms with Gasteiger partial charge in [0.25, 0.3) is 0 Å². The van der Waals surface area contributed by atoms with Crippen LogP contribution in [0.5, 0.6) is 0 Å². The van der Waals surface area contributed by atoms with Crippen LogP contribution in [0.15, 0.2) is 18.6 Å². The maximum atomic E-state index is 15.1. The van der Waals surface area contributed by atoms with Gasteiger partial charge in [0.05, 0.1) is 11.0 Å². The van der Waals surface area contributed by atoms with E-state index in [-0.39, 0.29) is 5.82 Å². The summed E-state index contributed by atoms with van der Waals surface area (Å²) in [6, 6.07) is 1.66. The van der Waals surface area contributed by atoms with Crippen LogP contribution in [0, 0.1) is 0 Å². The summed E-state index contributed by atoms with van der Waals surface area (Å²) in [5.74, 6) is 0.280. The summed E-state index contributed by atoms with van der Waals surface area (Å²) < 4.78 is 22.2. The first-order valence-corrected chi connectivity index (χ1v) is 6.96. The van der Waals surface area contributed by atoms with Crippen LogP contribution in [0.4, 0.5) is 10.2 Å². The maximum Gasteiger partial charge on any atom is 0.181 e. The molecule has 1 aliphatic rings. The van der Waals surface area contributed by atoms with E-state index in [9.17, 15) is 10.2 Å². The molecule has 3 rings (SSSR count). The molecule has 0 saturated carbocycles. The van der Waals surface area contributed by atoms with Crippen molar-refractivity contribution in [2.24, 2.45) is 0 Å². The highest BCUT2D eigenvalue weighted by Gasteiger charge is 2.58. The first-order chi connectivity index (χ1) is 10.1. The fourth-order valence-corrected chi connectivity index (χ4v) is 2.86. The quantitative estimate of drug-likeness (QED) is 0.756. The van der Waals surface area contributed by atoms with E-state index in [0.29, 0.717) is 11.0 Å². The Labute approximate surface area is 126 Å². The van der Waals surface area contributed by atoms with Gasteiger partial charge in [-0.2, -0.15) is 0 Å². The van der Waals surface area contributed by atoms with Crippen LogP contribution >= 0.6 is 0 Å². The lowest BCUT2D eigenvalue weighted by atomic mass is 9.90. The number of alkyl halides is 1. The van der Waals surface area contributed by atoms with E-state index in [2.05, 4.69) is 9.97 Å². The topological polar surface area (TPSA) is 106 Å². The molecule has 1 fully saturated rings. The van der Waals surface area contributed by atoms with Gasteiger partial charge in [0, 0.05) is 6.20 Å². The molecule has 2 aromatic rings. The van der Waals surface area contributed by atoms with Gasteiger partial charge in [-0.15, -0.1) is 0 Å². The normalized spacial score (nSPS) is 32.7. The Morgan fingerprint density at radius 2 is 2.14 bits per heavy atom. The molecule has 4 atom stereocenters. The van der Waals surface area contributed by atoms with Crippen LogP contribution in [0.2, 0.25) is 0 Å². The van der Waals surface area contributed by atoms with Gasteiger partial charge in [0.2, 0.25) is 0 Å². The molecule has 2 aromatic heterocycles. The average Bonchev–Trinajstić information content (AvgIpc) is 2.91. The average molecular weight is 310 g/mol. The molecule has 120 valence electrons. The lowest BCUT2D eigenvalue weighted by Crippen LogP contribution is -2.47. The van der Waals surface area contributed by atoms with Crippen LogP contribution in [-0.4, -0.2) is 48.2 Å².